The van der Waals surface area contributed by atoms with E-state index in [4.69, 9.17) is 30.4 Å². The number of fused-ring (bicyclic) bond motifs is 3. The lowest BCUT2D eigenvalue weighted by molar-refractivity contribution is 0.331. The Kier molecular flexibility index (Phi) is 5.86. The van der Waals surface area contributed by atoms with Gasteiger partial charge in [0.25, 0.3) is 0 Å². The standard InChI is InChI=1S/C27H27N7OS/c1-3-35-25-23-22(31-27(33-25)34-14-12-29-13-15-34)21-16(2)30-24(32-26(21)36-23)19-6-4-17(5-7-19)18-8-10-20(28)11-9-18/h4-11,29H,3,12-15,28H2,1-2H3. The smallest absolute Gasteiger partial charge is 0.236 e. The number of hydrogen-bond acceptors (Lipinski definition) is 9. The van der Waals surface area contributed by atoms with Crippen molar-refractivity contribution in [3.05, 3.63) is 54.2 Å². The number of nitrogen functional groups attached to an aromatic ring is 1. The largest absolute Gasteiger partial charge is 0.477 e. The second-order valence-electron chi connectivity index (χ2n) is 8.79. The van der Waals surface area contributed by atoms with Crippen LogP contribution in [0.2, 0.25) is 0 Å². The molecule has 36 heavy (non-hydrogen) atoms. The number of piperazine rings is 1. The average Bonchev–Trinajstić information content (AvgIpc) is 3.29. The van der Waals surface area contributed by atoms with Gasteiger partial charge in [0, 0.05) is 37.4 Å². The maximum absolute atomic E-state index is 5.96. The fourth-order valence-corrected chi connectivity index (χ4v) is 5.64. The summed E-state index contributed by atoms with van der Waals surface area (Å²) in [5.41, 5.74) is 11.6. The van der Waals surface area contributed by atoms with Crippen LogP contribution in [0, 0.1) is 6.92 Å². The fourth-order valence-electron chi connectivity index (χ4n) is 4.53. The third-order valence-electron chi connectivity index (χ3n) is 6.38. The van der Waals surface area contributed by atoms with E-state index in [0.29, 0.717) is 24.3 Å². The number of benzene rings is 2. The number of rotatable bonds is 5. The Hall–Kier alpha value is -3.82. The second-order valence-corrected chi connectivity index (χ2v) is 9.79. The second kappa shape index (κ2) is 9.33. The van der Waals surface area contributed by atoms with Crippen molar-refractivity contribution in [2.45, 2.75) is 13.8 Å². The quantitative estimate of drug-likeness (QED) is 0.338. The summed E-state index contributed by atoms with van der Waals surface area (Å²) >= 11 is 1.56. The summed E-state index contributed by atoms with van der Waals surface area (Å²) in [5.74, 6) is 2.02. The van der Waals surface area contributed by atoms with Gasteiger partial charge in [-0.05, 0) is 37.1 Å². The minimum atomic E-state index is 0.539. The third-order valence-corrected chi connectivity index (χ3v) is 7.44. The van der Waals surface area contributed by atoms with Gasteiger partial charge in [-0.2, -0.15) is 4.98 Å². The van der Waals surface area contributed by atoms with Crippen LogP contribution in [0.4, 0.5) is 11.6 Å². The minimum absolute atomic E-state index is 0.539. The van der Waals surface area contributed by atoms with Crippen LogP contribution in [0.25, 0.3) is 42.9 Å². The molecule has 0 atom stereocenters. The molecule has 2 aromatic carbocycles. The maximum atomic E-state index is 5.96. The van der Waals surface area contributed by atoms with Crippen molar-refractivity contribution >= 4 is 43.4 Å². The van der Waals surface area contributed by atoms with E-state index in [1.165, 1.54) is 0 Å². The molecule has 0 saturated carbocycles. The molecule has 0 radical (unpaired) electrons. The SMILES string of the molecule is CCOc1nc(N2CCNCC2)nc2c1sc1nc(-c3ccc(-c4ccc(N)cc4)cc3)nc(C)c12. The van der Waals surface area contributed by atoms with Gasteiger partial charge in [-0.3, -0.25) is 0 Å². The molecule has 5 aromatic rings. The minimum Gasteiger partial charge on any atom is -0.477 e. The normalized spacial score (nSPS) is 14.0. The number of anilines is 2. The molecule has 4 heterocycles. The molecule has 1 saturated heterocycles. The molecule has 3 aromatic heterocycles. The number of nitrogens with two attached hydrogens (primary N) is 1. The van der Waals surface area contributed by atoms with Crippen molar-refractivity contribution < 1.29 is 4.74 Å². The molecule has 0 spiro atoms. The van der Waals surface area contributed by atoms with Gasteiger partial charge in [-0.1, -0.05) is 36.4 Å². The van der Waals surface area contributed by atoms with E-state index >= 15 is 0 Å². The summed E-state index contributed by atoms with van der Waals surface area (Å²) in [4.78, 5) is 22.7. The molecule has 1 fully saturated rings. The molecular weight excluding hydrogens is 470 g/mol. The highest BCUT2D eigenvalue weighted by Gasteiger charge is 2.22. The van der Waals surface area contributed by atoms with Crippen molar-refractivity contribution in [3.8, 4) is 28.4 Å². The van der Waals surface area contributed by atoms with E-state index in [1.54, 1.807) is 11.3 Å². The van der Waals surface area contributed by atoms with Gasteiger partial charge in [-0.15, -0.1) is 11.3 Å². The van der Waals surface area contributed by atoms with Crippen LogP contribution in [0.15, 0.2) is 48.5 Å². The molecular formula is C27H27N7OS. The van der Waals surface area contributed by atoms with Crippen LogP contribution in [-0.2, 0) is 0 Å². The molecule has 9 heteroatoms. The van der Waals surface area contributed by atoms with Gasteiger partial charge >= 0.3 is 0 Å². The zero-order chi connectivity index (χ0) is 24.6. The Morgan fingerprint density at radius 3 is 2.28 bits per heavy atom. The fraction of sp³-hybridized carbons (Fsp3) is 0.259. The summed E-state index contributed by atoms with van der Waals surface area (Å²) in [6.45, 7) is 8.10. The van der Waals surface area contributed by atoms with Gasteiger partial charge in [0.05, 0.1) is 17.7 Å². The average molecular weight is 498 g/mol. The molecule has 3 N–H and O–H groups in total. The van der Waals surface area contributed by atoms with Crippen molar-refractivity contribution in [2.75, 3.05) is 43.4 Å². The molecule has 0 aliphatic carbocycles. The van der Waals surface area contributed by atoms with Crippen molar-refractivity contribution in [1.82, 2.24) is 25.3 Å². The van der Waals surface area contributed by atoms with Crippen molar-refractivity contribution in [2.24, 2.45) is 0 Å². The Balaban J connectivity index is 1.42. The zero-order valence-corrected chi connectivity index (χ0v) is 21.1. The Labute approximate surface area is 213 Å². The highest BCUT2D eigenvalue weighted by Crippen LogP contribution is 2.39. The van der Waals surface area contributed by atoms with E-state index in [-0.39, 0.29) is 0 Å². The lowest BCUT2D eigenvalue weighted by Gasteiger charge is -2.27. The predicted molar refractivity (Wildman–Crippen MR) is 147 cm³/mol. The summed E-state index contributed by atoms with van der Waals surface area (Å²) < 4.78 is 6.87. The van der Waals surface area contributed by atoms with Gasteiger partial charge in [-0.25, -0.2) is 15.0 Å². The first-order valence-corrected chi connectivity index (χ1v) is 13.0. The molecule has 8 nitrogen and oxygen atoms in total. The summed E-state index contributed by atoms with van der Waals surface area (Å²) in [6.07, 6.45) is 0. The van der Waals surface area contributed by atoms with Crippen LogP contribution in [0.5, 0.6) is 5.88 Å². The van der Waals surface area contributed by atoms with Crippen LogP contribution < -0.4 is 20.7 Å². The molecule has 1 aliphatic rings. The highest BCUT2D eigenvalue weighted by molar-refractivity contribution is 7.25. The summed E-state index contributed by atoms with van der Waals surface area (Å²) in [7, 11) is 0. The molecule has 6 rings (SSSR count). The van der Waals surface area contributed by atoms with E-state index in [9.17, 15) is 0 Å². The number of nitrogens with zero attached hydrogens (tertiary/aromatic N) is 5. The lowest BCUT2D eigenvalue weighted by atomic mass is 10.0. The van der Waals surface area contributed by atoms with Crippen LogP contribution >= 0.6 is 11.3 Å². The van der Waals surface area contributed by atoms with Gasteiger partial charge < -0.3 is 20.7 Å². The number of aromatic nitrogens is 4. The number of thiophene rings is 1. The van der Waals surface area contributed by atoms with Gasteiger partial charge in [0.15, 0.2) is 5.82 Å². The molecule has 182 valence electrons. The van der Waals surface area contributed by atoms with Crippen LogP contribution in [-0.4, -0.2) is 52.7 Å². The number of hydrogen-bond donors (Lipinski definition) is 2. The van der Waals surface area contributed by atoms with Crippen LogP contribution in [0.3, 0.4) is 0 Å². The lowest BCUT2D eigenvalue weighted by Crippen LogP contribution is -2.44. The van der Waals surface area contributed by atoms with Crippen LogP contribution in [0.1, 0.15) is 12.6 Å². The first-order valence-electron chi connectivity index (χ1n) is 12.1. The monoisotopic (exact) mass is 497 g/mol. The first kappa shape index (κ1) is 22.6. The number of ether oxygens (including phenoxy) is 1. The summed E-state index contributed by atoms with van der Waals surface area (Å²) in [5, 5.41) is 4.35. The first-order chi connectivity index (χ1) is 17.6. The molecule has 0 bridgehead atoms. The Morgan fingerprint density at radius 1 is 0.917 bits per heavy atom. The topological polar surface area (TPSA) is 102 Å². The zero-order valence-electron chi connectivity index (χ0n) is 20.3. The number of aryl methyl sites for hydroxylation is 1. The highest BCUT2D eigenvalue weighted by atomic mass is 32.1. The maximum Gasteiger partial charge on any atom is 0.236 e. The number of nitrogens with one attached hydrogen (secondary N) is 1. The molecule has 0 unspecified atom stereocenters. The van der Waals surface area contributed by atoms with Gasteiger partial charge in [0.2, 0.25) is 11.8 Å². The molecule has 0 amide bonds. The van der Waals surface area contributed by atoms with Crippen molar-refractivity contribution in [3.63, 3.8) is 0 Å². The Bertz CT molecular complexity index is 1540. The third kappa shape index (κ3) is 4.10. The van der Waals surface area contributed by atoms with Crippen molar-refractivity contribution in [1.29, 1.82) is 0 Å². The van der Waals surface area contributed by atoms with E-state index < -0.39 is 0 Å². The van der Waals surface area contributed by atoms with E-state index in [1.807, 2.05) is 38.1 Å². The van der Waals surface area contributed by atoms with E-state index in [0.717, 1.165) is 74.7 Å². The summed E-state index contributed by atoms with van der Waals surface area (Å²) in [6, 6.07) is 16.2. The predicted octanol–water partition coefficient (Wildman–Crippen LogP) is 4.67. The van der Waals surface area contributed by atoms with Gasteiger partial charge in [0.1, 0.15) is 15.0 Å². The Morgan fingerprint density at radius 2 is 1.58 bits per heavy atom. The van der Waals surface area contributed by atoms with E-state index in [2.05, 4.69) is 34.5 Å². The molecule has 1 aliphatic heterocycles.